The minimum absolute atomic E-state index is 0.267. The molecule has 0 aromatic carbocycles. The predicted octanol–water partition coefficient (Wildman–Crippen LogP) is 4.97. The molecule has 1 unspecified atom stereocenters. The Kier molecular flexibility index (Phi) is 7.90. The summed E-state index contributed by atoms with van der Waals surface area (Å²) in [5, 5.41) is 13.0. The van der Waals surface area contributed by atoms with Gasteiger partial charge in [0.15, 0.2) is 23.2 Å². The van der Waals surface area contributed by atoms with Crippen LogP contribution in [0.15, 0.2) is 61.1 Å². The van der Waals surface area contributed by atoms with E-state index in [-0.39, 0.29) is 11.5 Å². The number of methoxy groups -OCH3 is 1. The third-order valence-electron chi connectivity index (χ3n) is 6.31. The molecule has 1 atom stereocenters. The highest BCUT2D eigenvalue weighted by molar-refractivity contribution is 5.93. The number of carbonyl (C=O) groups excluding carboxylic acids is 1. The van der Waals surface area contributed by atoms with E-state index in [0.717, 1.165) is 28.9 Å². The number of hydrogen-bond donors (Lipinski definition) is 3. The zero-order valence-corrected chi connectivity index (χ0v) is 22.9. The Morgan fingerprint density at radius 2 is 1.83 bits per heavy atom. The minimum Gasteiger partial charge on any atom is -0.481 e. The number of aryl methyl sites for hydroxylation is 2. The van der Waals surface area contributed by atoms with E-state index in [1.807, 2.05) is 31.2 Å². The molecule has 0 aliphatic carbocycles. The molecule has 3 N–H and O–H groups in total. The lowest BCUT2D eigenvalue weighted by Crippen LogP contribution is -2.28. The Labute approximate surface area is 235 Å². The van der Waals surface area contributed by atoms with Gasteiger partial charge in [0.2, 0.25) is 5.88 Å². The lowest BCUT2D eigenvalue weighted by molar-refractivity contribution is 0.0930. The van der Waals surface area contributed by atoms with E-state index < -0.39 is 17.8 Å². The van der Waals surface area contributed by atoms with Gasteiger partial charge in [-0.3, -0.25) is 14.9 Å². The summed E-state index contributed by atoms with van der Waals surface area (Å²) < 4.78 is 20.2. The highest BCUT2D eigenvalue weighted by Gasteiger charge is 2.19. The summed E-state index contributed by atoms with van der Waals surface area (Å²) in [6.45, 7) is 5.61. The number of H-pyrrole nitrogens is 1. The van der Waals surface area contributed by atoms with E-state index in [4.69, 9.17) is 4.74 Å². The Bertz CT molecular complexity index is 1670. The van der Waals surface area contributed by atoms with Crippen LogP contribution in [0.25, 0.3) is 22.6 Å². The number of aromatic amines is 1. The van der Waals surface area contributed by atoms with Crippen molar-refractivity contribution in [3.63, 3.8) is 0 Å². The number of anilines is 2. The highest BCUT2D eigenvalue weighted by atomic mass is 19.1. The first kappa shape index (κ1) is 27.3. The number of pyridine rings is 3. The van der Waals surface area contributed by atoms with Crippen molar-refractivity contribution < 1.29 is 13.9 Å². The van der Waals surface area contributed by atoms with Crippen molar-refractivity contribution in [3.05, 3.63) is 89.5 Å². The molecule has 5 rings (SSSR count). The van der Waals surface area contributed by atoms with Gasteiger partial charge in [-0.1, -0.05) is 13.0 Å². The zero-order chi connectivity index (χ0) is 28.9. The molecule has 5 aromatic heterocycles. The second-order valence-electron chi connectivity index (χ2n) is 9.29. The molecule has 208 valence electrons. The summed E-state index contributed by atoms with van der Waals surface area (Å²) in [6.07, 6.45) is 5.52. The average Bonchev–Trinajstić information content (AvgIpc) is 3.44. The van der Waals surface area contributed by atoms with Crippen molar-refractivity contribution in [1.29, 1.82) is 0 Å². The third-order valence-corrected chi connectivity index (χ3v) is 6.31. The molecule has 0 fully saturated rings. The fourth-order valence-corrected chi connectivity index (χ4v) is 4.06. The van der Waals surface area contributed by atoms with Crippen molar-refractivity contribution in [1.82, 2.24) is 40.4 Å². The number of halogens is 1. The van der Waals surface area contributed by atoms with E-state index in [9.17, 15) is 4.79 Å². The Hall–Kier alpha value is -5.26. The monoisotopic (exact) mass is 553 g/mol. The van der Waals surface area contributed by atoms with E-state index in [1.54, 1.807) is 45.5 Å². The van der Waals surface area contributed by atoms with Crippen LogP contribution < -0.4 is 15.4 Å². The fraction of sp³-hybridized carbons (Fsp3) is 0.207. The number of amides is 1. The summed E-state index contributed by atoms with van der Waals surface area (Å²) in [5.41, 5.74) is 3.95. The van der Waals surface area contributed by atoms with Gasteiger partial charge in [0.1, 0.15) is 5.82 Å². The second kappa shape index (κ2) is 11.9. The smallest absolute Gasteiger partial charge is 0.273 e. The summed E-state index contributed by atoms with van der Waals surface area (Å²) >= 11 is 0. The van der Waals surface area contributed by atoms with Gasteiger partial charge in [0, 0.05) is 59.3 Å². The first-order valence-electron chi connectivity index (χ1n) is 12.9. The molecule has 0 spiro atoms. The van der Waals surface area contributed by atoms with Crippen LogP contribution in [0.5, 0.6) is 5.88 Å². The molecule has 0 saturated carbocycles. The SMILES string of the molecule is CCc1cc(Nc2cc(C)nc(-c3cnc(C(=O)NC(C)c4ccc(-c5ccc(OC)nc5)nc4)c(F)c3)n2)n[nH]1. The fourth-order valence-electron chi connectivity index (χ4n) is 4.06. The molecule has 5 heterocycles. The summed E-state index contributed by atoms with van der Waals surface area (Å²) in [6, 6.07) is 11.7. The first-order valence-corrected chi connectivity index (χ1v) is 12.9. The topological polar surface area (TPSA) is 143 Å². The van der Waals surface area contributed by atoms with Crippen LogP contribution in [0.1, 0.15) is 47.3 Å². The number of rotatable bonds is 9. The van der Waals surface area contributed by atoms with Crippen molar-refractivity contribution in [3.8, 4) is 28.5 Å². The van der Waals surface area contributed by atoms with Crippen molar-refractivity contribution >= 4 is 17.5 Å². The Morgan fingerprint density at radius 1 is 1.00 bits per heavy atom. The van der Waals surface area contributed by atoms with Gasteiger partial charge in [-0.05, 0) is 44.0 Å². The van der Waals surface area contributed by atoms with Gasteiger partial charge < -0.3 is 15.4 Å². The number of nitrogens with one attached hydrogen (secondary N) is 3. The Balaban J connectivity index is 1.27. The maximum atomic E-state index is 15.1. The molecule has 11 nitrogen and oxygen atoms in total. The highest BCUT2D eigenvalue weighted by Crippen LogP contribution is 2.23. The number of aromatic nitrogens is 7. The van der Waals surface area contributed by atoms with Gasteiger partial charge in [0.25, 0.3) is 5.91 Å². The molecule has 5 aromatic rings. The molecular formula is C29H28FN9O2. The number of carbonyl (C=O) groups is 1. The molecule has 0 aliphatic rings. The van der Waals surface area contributed by atoms with Crippen LogP contribution in [0.4, 0.5) is 16.0 Å². The van der Waals surface area contributed by atoms with Crippen LogP contribution in [0.3, 0.4) is 0 Å². The van der Waals surface area contributed by atoms with Gasteiger partial charge in [-0.15, -0.1) is 0 Å². The van der Waals surface area contributed by atoms with Gasteiger partial charge in [0.05, 0.1) is 18.8 Å². The average molecular weight is 554 g/mol. The maximum absolute atomic E-state index is 15.1. The normalized spacial score (nSPS) is 11.6. The van der Waals surface area contributed by atoms with Crippen LogP contribution in [0.2, 0.25) is 0 Å². The van der Waals surface area contributed by atoms with Gasteiger partial charge in [-0.2, -0.15) is 5.10 Å². The van der Waals surface area contributed by atoms with E-state index in [2.05, 4.69) is 45.8 Å². The van der Waals surface area contributed by atoms with Crippen LogP contribution >= 0.6 is 0 Å². The quantitative estimate of drug-likeness (QED) is 0.230. The predicted molar refractivity (Wildman–Crippen MR) is 151 cm³/mol. The van der Waals surface area contributed by atoms with Crippen molar-refractivity contribution in [2.75, 3.05) is 12.4 Å². The number of ether oxygens (including phenoxy) is 1. The maximum Gasteiger partial charge on any atom is 0.273 e. The summed E-state index contributed by atoms with van der Waals surface area (Å²) in [4.78, 5) is 34.5. The van der Waals surface area contributed by atoms with Crippen LogP contribution in [-0.4, -0.2) is 48.1 Å². The molecule has 0 aliphatic heterocycles. The summed E-state index contributed by atoms with van der Waals surface area (Å²) in [5.74, 6) is 0.456. The Morgan fingerprint density at radius 3 is 2.49 bits per heavy atom. The zero-order valence-electron chi connectivity index (χ0n) is 22.9. The molecule has 41 heavy (non-hydrogen) atoms. The van der Waals surface area contributed by atoms with Crippen LogP contribution in [-0.2, 0) is 6.42 Å². The largest absolute Gasteiger partial charge is 0.481 e. The van der Waals surface area contributed by atoms with Gasteiger partial charge in [-0.25, -0.2) is 24.3 Å². The van der Waals surface area contributed by atoms with Crippen molar-refractivity contribution in [2.24, 2.45) is 0 Å². The third kappa shape index (κ3) is 6.32. The lowest BCUT2D eigenvalue weighted by atomic mass is 10.1. The van der Waals surface area contributed by atoms with E-state index in [0.29, 0.717) is 28.8 Å². The summed E-state index contributed by atoms with van der Waals surface area (Å²) in [7, 11) is 1.55. The first-order chi connectivity index (χ1) is 19.8. The molecule has 0 radical (unpaired) electrons. The number of nitrogens with zero attached hydrogens (tertiary/aromatic N) is 6. The standard InChI is InChI=1S/C29H28FN9O2/c1-5-21-12-25(39-38-21)36-24-10-16(2)34-28(37-24)20-11-22(30)27(33-15-20)29(40)35-17(3)18-6-8-23(31-13-18)19-7-9-26(41-4)32-14-19/h6-15,17H,5H2,1-4H3,(H,35,40)(H2,34,36,37,38,39). The van der Waals surface area contributed by atoms with Gasteiger partial charge >= 0.3 is 0 Å². The van der Waals surface area contributed by atoms with Crippen molar-refractivity contribution in [2.45, 2.75) is 33.2 Å². The molecular weight excluding hydrogens is 525 g/mol. The minimum atomic E-state index is -0.785. The van der Waals surface area contributed by atoms with E-state index in [1.165, 1.54) is 12.3 Å². The van der Waals surface area contributed by atoms with Crippen LogP contribution in [0, 0.1) is 12.7 Å². The van der Waals surface area contributed by atoms with E-state index >= 15 is 4.39 Å². The molecule has 0 saturated heterocycles. The number of hydrogen-bond acceptors (Lipinski definition) is 9. The lowest BCUT2D eigenvalue weighted by Gasteiger charge is -2.15. The molecule has 1 amide bonds. The molecule has 12 heteroatoms. The molecule has 0 bridgehead atoms. The second-order valence-corrected chi connectivity index (χ2v) is 9.29.